The van der Waals surface area contributed by atoms with Crippen LogP contribution in [-0.4, -0.2) is 11.5 Å². The van der Waals surface area contributed by atoms with E-state index in [0.717, 1.165) is 25.1 Å². The number of nitrogens with one attached hydrogen (secondary N) is 1. The van der Waals surface area contributed by atoms with Crippen LogP contribution in [-0.2, 0) is 6.42 Å². The summed E-state index contributed by atoms with van der Waals surface area (Å²) in [4.78, 5) is 4.30. The fraction of sp³-hybridized carbons (Fsp3) is 0.389. The Morgan fingerprint density at radius 3 is 2.40 bits per heavy atom. The highest BCUT2D eigenvalue weighted by molar-refractivity contribution is 5.33. The Morgan fingerprint density at radius 1 is 1.05 bits per heavy atom. The van der Waals surface area contributed by atoms with Crippen molar-refractivity contribution in [3.8, 4) is 0 Å². The van der Waals surface area contributed by atoms with E-state index < -0.39 is 0 Å². The van der Waals surface area contributed by atoms with E-state index in [1.54, 1.807) is 0 Å². The molecule has 0 saturated carbocycles. The monoisotopic (exact) mass is 268 g/mol. The second-order valence-electron chi connectivity index (χ2n) is 5.21. The summed E-state index contributed by atoms with van der Waals surface area (Å²) in [7, 11) is 0. The fourth-order valence-corrected chi connectivity index (χ4v) is 2.41. The van der Waals surface area contributed by atoms with E-state index in [-0.39, 0.29) is 6.04 Å². The van der Waals surface area contributed by atoms with Gasteiger partial charge in [0, 0.05) is 11.9 Å². The number of hydrogen-bond donors (Lipinski definition) is 1. The Hall–Kier alpha value is -1.67. The van der Waals surface area contributed by atoms with E-state index in [2.05, 4.69) is 60.5 Å². The Balaban J connectivity index is 2.30. The summed E-state index contributed by atoms with van der Waals surface area (Å²) in [5, 5.41) is 3.64. The van der Waals surface area contributed by atoms with Crippen LogP contribution in [0.5, 0.6) is 0 Å². The van der Waals surface area contributed by atoms with E-state index in [9.17, 15) is 0 Å². The molecule has 1 aromatic carbocycles. The third kappa shape index (κ3) is 3.67. The predicted octanol–water partition coefficient (Wildman–Crippen LogP) is 4.04. The third-order valence-electron chi connectivity index (χ3n) is 3.57. The van der Waals surface area contributed by atoms with Gasteiger partial charge in [0.05, 0.1) is 6.04 Å². The van der Waals surface area contributed by atoms with E-state index in [1.807, 2.05) is 13.1 Å². The lowest BCUT2D eigenvalue weighted by Crippen LogP contribution is -2.23. The molecule has 1 heterocycles. The number of aromatic nitrogens is 1. The molecule has 0 aliphatic carbocycles. The van der Waals surface area contributed by atoms with Crippen molar-refractivity contribution in [2.24, 2.45) is 0 Å². The average Bonchev–Trinajstić information content (AvgIpc) is 2.48. The first-order valence-corrected chi connectivity index (χ1v) is 7.49. The third-order valence-corrected chi connectivity index (χ3v) is 3.57. The van der Waals surface area contributed by atoms with Gasteiger partial charge >= 0.3 is 0 Å². The van der Waals surface area contributed by atoms with Crippen LogP contribution in [0.3, 0.4) is 0 Å². The zero-order valence-electron chi connectivity index (χ0n) is 12.7. The minimum Gasteiger partial charge on any atom is -0.306 e. The van der Waals surface area contributed by atoms with Crippen molar-refractivity contribution in [2.45, 2.75) is 39.7 Å². The van der Waals surface area contributed by atoms with Gasteiger partial charge in [-0.25, -0.2) is 0 Å². The minimum absolute atomic E-state index is 0.252. The summed E-state index contributed by atoms with van der Waals surface area (Å²) < 4.78 is 0. The van der Waals surface area contributed by atoms with Crippen LogP contribution < -0.4 is 5.32 Å². The summed E-state index contributed by atoms with van der Waals surface area (Å²) in [6.45, 7) is 7.44. The Labute approximate surface area is 122 Å². The van der Waals surface area contributed by atoms with Crippen molar-refractivity contribution in [1.29, 1.82) is 0 Å². The van der Waals surface area contributed by atoms with Gasteiger partial charge < -0.3 is 5.32 Å². The maximum Gasteiger partial charge on any atom is 0.0577 e. The molecule has 1 aromatic heterocycles. The Morgan fingerprint density at radius 2 is 1.80 bits per heavy atom. The molecule has 2 aromatic rings. The number of nitrogens with zero attached hydrogens (tertiary/aromatic N) is 1. The normalized spacial score (nSPS) is 12.3. The number of benzene rings is 1. The minimum atomic E-state index is 0.252. The number of hydrogen-bond acceptors (Lipinski definition) is 2. The maximum absolute atomic E-state index is 4.30. The van der Waals surface area contributed by atoms with Gasteiger partial charge in [0.15, 0.2) is 0 Å². The second kappa shape index (κ2) is 7.20. The first-order chi connectivity index (χ1) is 9.74. The predicted molar refractivity (Wildman–Crippen MR) is 84.9 cm³/mol. The number of rotatable bonds is 6. The largest absolute Gasteiger partial charge is 0.306 e. The van der Waals surface area contributed by atoms with Gasteiger partial charge in [0.2, 0.25) is 0 Å². The first kappa shape index (κ1) is 14.7. The lowest BCUT2D eigenvalue weighted by atomic mass is 9.97. The molecule has 0 radical (unpaired) electrons. The Bertz CT molecular complexity index is 531. The quantitative estimate of drug-likeness (QED) is 0.855. The molecule has 0 amide bonds. The van der Waals surface area contributed by atoms with Crippen molar-refractivity contribution in [3.63, 3.8) is 0 Å². The molecule has 0 aliphatic heterocycles. The summed E-state index contributed by atoms with van der Waals surface area (Å²) in [6.07, 6.45) is 4.11. The van der Waals surface area contributed by atoms with Gasteiger partial charge in [0.25, 0.3) is 0 Å². The molecule has 2 rings (SSSR count). The first-order valence-electron chi connectivity index (χ1n) is 7.49. The van der Waals surface area contributed by atoms with E-state index in [0.29, 0.717) is 0 Å². The topological polar surface area (TPSA) is 24.9 Å². The molecule has 1 atom stereocenters. The zero-order chi connectivity index (χ0) is 14.4. The van der Waals surface area contributed by atoms with E-state index in [1.165, 1.54) is 16.7 Å². The van der Waals surface area contributed by atoms with E-state index >= 15 is 0 Å². The highest BCUT2D eigenvalue weighted by atomic mass is 14.9. The SMILES string of the molecule is CCCNC(c1ccc(CC)cc1)c1ccnc(C)c1. The van der Waals surface area contributed by atoms with Crippen LogP contribution in [0.2, 0.25) is 0 Å². The van der Waals surface area contributed by atoms with Crippen molar-refractivity contribution in [2.75, 3.05) is 6.54 Å². The van der Waals surface area contributed by atoms with Crippen molar-refractivity contribution < 1.29 is 0 Å². The lowest BCUT2D eigenvalue weighted by Gasteiger charge is -2.20. The number of pyridine rings is 1. The summed E-state index contributed by atoms with van der Waals surface area (Å²) >= 11 is 0. The lowest BCUT2D eigenvalue weighted by molar-refractivity contribution is 0.597. The zero-order valence-corrected chi connectivity index (χ0v) is 12.7. The van der Waals surface area contributed by atoms with Gasteiger partial charge in [-0.3, -0.25) is 4.98 Å². The van der Waals surface area contributed by atoms with Crippen molar-refractivity contribution >= 4 is 0 Å². The van der Waals surface area contributed by atoms with Crippen molar-refractivity contribution in [3.05, 3.63) is 65.0 Å². The average molecular weight is 268 g/mol. The summed E-state index contributed by atoms with van der Waals surface area (Å²) in [6, 6.07) is 13.5. The smallest absolute Gasteiger partial charge is 0.0577 e. The molecule has 0 saturated heterocycles. The van der Waals surface area contributed by atoms with Crippen molar-refractivity contribution in [1.82, 2.24) is 10.3 Å². The molecule has 1 N–H and O–H groups in total. The van der Waals surface area contributed by atoms with E-state index in [4.69, 9.17) is 0 Å². The standard InChI is InChI=1S/C18H24N2/c1-4-11-20-18(17-10-12-19-14(3)13-17)16-8-6-15(5-2)7-9-16/h6-10,12-13,18,20H,4-5,11H2,1-3H3. The molecular formula is C18H24N2. The van der Waals surface area contributed by atoms with Crippen LogP contribution >= 0.6 is 0 Å². The highest BCUT2D eigenvalue weighted by Gasteiger charge is 2.13. The number of aryl methyl sites for hydroxylation is 2. The fourth-order valence-electron chi connectivity index (χ4n) is 2.41. The van der Waals surface area contributed by atoms with Crippen LogP contribution in [0.4, 0.5) is 0 Å². The van der Waals surface area contributed by atoms with Crippen LogP contribution in [0.25, 0.3) is 0 Å². The highest BCUT2D eigenvalue weighted by Crippen LogP contribution is 2.23. The van der Waals surface area contributed by atoms with Crippen LogP contribution in [0.1, 0.15) is 48.7 Å². The van der Waals surface area contributed by atoms with Gasteiger partial charge in [-0.05, 0) is 55.1 Å². The summed E-state index contributed by atoms with van der Waals surface area (Å²) in [5.74, 6) is 0. The molecule has 0 aliphatic rings. The molecule has 0 fully saturated rings. The molecule has 0 bridgehead atoms. The second-order valence-corrected chi connectivity index (χ2v) is 5.21. The molecule has 106 valence electrons. The molecule has 20 heavy (non-hydrogen) atoms. The molecule has 2 nitrogen and oxygen atoms in total. The maximum atomic E-state index is 4.30. The summed E-state index contributed by atoms with van der Waals surface area (Å²) in [5.41, 5.74) is 5.06. The van der Waals surface area contributed by atoms with Gasteiger partial charge in [-0.2, -0.15) is 0 Å². The Kier molecular flexibility index (Phi) is 5.31. The van der Waals surface area contributed by atoms with Crippen LogP contribution in [0, 0.1) is 6.92 Å². The molecule has 2 heteroatoms. The van der Waals surface area contributed by atoms with Gasteiger partial charge in [-0.15, -0.1) is 0 Å². The molecule has 1 unspecified atom stereocenters. The van der Waals surface area contributed by atoms with Gasteiger partial charge in [0.1, 0.15) is 0 Å². The van der Waals surface area contributed by atoms with Gasteiger partial charge in [-0.1, -0.05) is 38.1 Å². The molecule has 0 spiro atoms. The van der Waals surface area contributed by atoms with Crippen LogP contribution in [0.15, 0.2) is 42.6 Å². The molecular weight excluding hydrogens is 244 g/mol.